The van der Waals surface area contributed by atoms with Crippen molar-refractivity contribution in [1.82, 2.24) is 20.4 Å². The second kappa shape index (κ2) is 4.68. The lowest BCUT2D eigenvalue weighted by Gasteiger charge is -2.17. The molecule has 0 radical (unpaired) electrons. The quantitative estimate of drug-likeness (QED) is 0.791. The molecule has 0 spiro atoms. The maximum atomic E-state index is 5.36. The smallest absolute Gasteiger partial charge is 0.246 e. The first-order chi connectivity index (χ1) is 9.62. The Morgan fingerprint density at radius 2 is 1.95 bits per heavy atom. The monoisotopic (exact) mass is 268 g/mol. The van der Waals surface area contributed by atoms with Crippen molar-refractivity contribution in [2.75, 3.05) is 7.05 Å². The maximum absolute atomic E-state index is 5.36. The number of rotatable bonds is 3. The predicted octanol–water partition coefficient (Wildman–Crippen LogP) is 2.74. The van der Waals surface area contributed by atoms with Gasteiger partial charge < -0.3 is 9.84 Å². The SMILES string of the molecule is CNC(C)(C)c1nc(-c2nccc3ccccc23)no1. The number of benzene rings is 1. The Balaban J connectivity index is 2.13. The van der Waals surface area contributed by atoms with Crippen LogP contribution in [0, 0.1) is 0 Å². The zero-order chi connectivity index (χ0) is 14.2. The lowest BCUT2D eigenvalue weighted by Crippen LogP contribution is -2.33. The first kappa shape index (κ1) is 12.7. The molecular formula is C15H16N4O. The van der Waals surface area contributed by atoms with Crippen molar-refractivity contribution in [1.29, 1.82) is 0 Å². The molecule has 3 aromatic rings. The van der Waals surface area contributed by atoms with Crippen molar-refractivity contribution >= 4 is 10.8 Å². The third-order valence-corrected chi connectivity index (χ3v) is 3.47. The van der Waals surface area contributed by atoms with E-state index in [4.69, 9.17) is 4.52 Å². The van der Waals surface area contributed by atoms with Gasteiger partial charge >= 0.3 is 0 Å². The van der Waals surface area contributed by atoms with Gasteiger partial charge in [-0.3, -0.25) is 4.98 Å². The van der Waals surface area contributed by atoms with E-state index in [1.54, 1.807) is 6.20 Å². The van der Waals surface area contributed by atoms with Gasteiger partial charge in [0.2, 0.25) is 11.7 Å². The van der Waals surface area contributed by atoms with Crippen LogP contribution in [-0.2, 0) is 5.54 Å². The molecule has 0 bridgehead atoms. The molecule has 0 saturated carbocycles. The van der Waals surface area contributed by atoms with Crippen molar-refractivity contribution in [2.45, 2.75) is 19.4 Å². The van der Waals surface area contributed by atoms with Crippen molar-refractivity contribution in [3.63, 3.8) is 0 Å². The van der Waals surface area contributed by atoms with E-state index in [2.05, 4.69) is 20.4 Å². The van der Waals surface area contributed by atoms with Crippen LogP contribution < -0.4 is 5.32 Å². The topological polar surface area (TPSA) is 63.8 Å². The average Bonchev–Trinajstić information content (AvgIpc) is 2.97. The van der Waals surface area contributed by atoms with Gasteiger partial charge in [0.15, 0.2) is 0 Å². The lowest BCUT2D eigenvalue weighted by atomic mass is 10.1. The van der Waals surface area contributed by atoms with E-state index in [1.807, 2.05) is 51.2 Å². The van der Waals surface area contributed by atoms with E-state index < -0.39 is 0 Å². The third-order valence-electron chi connectivity index (χ3n) is 3.47. The minimum Gasteiger partial charge on any atom is -0.337 e. The number of hydrogen-bond acceptors (Lipinski definition) is 5. The molecule has 1 N–H and O–H groups in total. The molecule has 0 fully saturated rings. The number of pyridine rings is 1. The molecule has 20 heavy (non-hydrogen) atoms. The zero-order valence-electron chi connectivity index (χ0n) is 11.7. The molecule has 5 nitrogen and oxygen atoms in total. The van der Waals surface area contributed by atoms with Gasteiger partial charge in [0.25, 0.3) is 0 Å². The summed E-state index contributed by atoms with van der Waals surface area (Å²) in [6, 6.07) is 10.00. The highest BCUT2D eigenvalue weighted by molar-refractivity contribution is 5.92. The van der Waals surface area contributed by atoms with Crippen molar-refractivity contribution in [2.24, 2.45) is 0 Å². The van der Waals surface area contributed by atoms with Gasteiger partial charge in [0.05, 0.1) is 5.54 Å². The fourth-order valence-corrected chi connectivity index (χ4v) is 1.98. The van der Waals surface area contributed by atoms with Gasteiger partial charge in [-0.1, -0.05) is 29.4 Å². The summed E-state index contributed by atoms with van der Waals surface area (Å²) in [5, 5.41) is 9.33. The summed E-state index contributed by atoms with van der Waals surface area (Å²) in [5.41, 5.74) is 0.375. The summed E-state index contributed by atoms with van der Waals surface area (Å²) in [4.78, 5) is 8.86. The minimum absolute atomic E-state index is 0.365. The summed E-state index contributed by atoms with van der Waals surface area (Å²) in [6.07, 6.45) is 1.76. The van der Waals surface area contributed by atoms with Crippen molar-refractivity contribution in [3.05, 3.63) is 42.4 Å². The summed E-state index contributed by atoms with van der Waals surface area (Å²) in [5.74, 6) is 1.06. The van der Waals surface area contributed by atoms with E-state index >= 15 is 0 Å². The van der Waals surface area contributed by atoms with Gasteiger partial charge in [-0.2, -0.15) is 4.98 Å². The van der Waals surface area contributed by atoms with Crippen LogP contribution in [0.15, 0.2) is 41.1 Å². The van der Waals surface area contributed by atoms with Crippen molar-refractivity contribution in [3.8, 4) is 11.5 Å². The second-order valence-electron chi connectivity index (χ2n) is 5.18. The normalized spacial score (nSPS) is 11.9. The molecule has 2 heterocycles. The summed E-state index contributed by atoms with van der Waals surface area (Å²) in [6.45, 7) is 3.97. The van der Waals surface area contributed by atoms with Crippen molar-refractivity contribution < 1.29 is 4.52 Å². The van der Waals surface area contributed by atoms with Crippen LogP contribution >= 0.6 is 0 Å². The van der Waals surface area contributed by atoms with E-state index in [-0.39, 0.29) is 5.54 Å². The zero-order valence-corrected chi connectivity index (χ0v) is 11.7. The van der Waals surface area contributed by atoms with Crippen LogP contribution in [-0.4, -0.2) is 22.2 Å². The molecular weight excluding hydrogens is 252 g/mol. The standard InChI is InChI=1S/C15H16N4O/c1-15(2,16-3)14-18-13(19-20-14)12-11-7-5-4-6-10(11)8-9-17-12/h4-9,16H,1-3H3. The summed E-state index contributed by atoms with van der Waals surface area (Å²) in [7, 11) is 1.86. The van der Waals surface area contributed by atoms with E-state index in [1.165, 1.54) is 0 Å². The largest absolute Gasteiger partial charge is 0.337 e. The van der Waals surface area contributed by atoms with Crippen LogP contribution in [0.1, 0.15) is 19.7 Å². The second-order valence-corrected chi connectivity index (χ2v) is 5.18. The van der Waals surface area contributed by atoms with Gasteiger partial charge in [-0.15, -0.1) is 0 Å². The summed E-state index contributed by atoms with van der Waals surface area (Å²) < 4.78 is 5.36. The van der Waals surface area contributed by atoms with E-state index in [9.17, 15) is 0 Å². The van der Waals surface area contributed by atoms with Gasteiger partial charge in [0, 0.05) is 11.6 Å². The Bertz CT molecular complexity index is 743. The molecule has 0 aliphatic rings. The number of hydrogen-bond donors (Lipinski definition) is 1. The average molecular weight is 268 g/mol. The molecule has 3 rings (SSSR count). The Morgan fingerprint density at radius 1 is 1.15 bits per heavy atom. The Labute approximate surface area is 117 Å². The molecule has 0 atom stereocenters. The third kappa shape index (κ3) is 2.06. The predicted molar refractivity (Wildman–Crippen MR) is 77.1 cm³/mol. The Kier molecular flexibility index (Phi) is 2.99. The molecule has 0 aliphatic heterocycles. The molecule has 0 aliphatic carbocycles. The molecule has 5 heteroatoms. The Hall–Kier alpha value is -2.27. The number of aromatic nitrogens is 3. The first-order valence-electron chi connectivity index (χ1n) is 6.49. The lowest BCUT2D eigenvalue weighted by molar-refractivity contribution is 0.281. The molecule has 0 amide bonds. The highest BCUT2D eigenvalue weighted by Gasteiger charge is 2.26. The van der Waals surface area contributed by atoms with Crippen LogP contribution in [0.4, 0.5) is 0 Å². The number of nitrogens with one attached hydrogen (secondary N) is 1. The molecule has 2 aromatic heterocycles. The van der Waals surface area contributed by atoms with Gasteiger partial charge in [-0.25, -0.2) is 0 Å². The molecule has 0 unspecified atom stereocenters. The molecule has 102 valence electrons. The Morgan fingerprint density at radius 3 is 2.75 bits per heavy atom. The van der Waals surface area contributed by atoms with E-state index in [0.717, 1.165) is 16.5 Å². The summed E-state index contributed by atoms with van der Waals surface area (Å²) >= 11 is 0. The minimum atomic E-state index is -0.365. The van der Waals surface area contributed by atoms with Crippen LogP contribution in [0.2, 0.25) is 0 Å². The molecule has 0 saturated heterocycles. The number of nitrogens with zero attached hydrogens (tertiary/aromatic N) is 3. The first-order valence-corrected chi connectivity index (χ1v) is 6.49. The highest BCUT2D eigenvalue weighted by Crippen LogP contribution is 2.26. The highest BCUT2D eigenvalue weighted by atomic mass is 16.5. The molecule has 1 aromatic carbocycles. The van der Waals surface area contributed by atoms with Gasteiger partial charge in [0.1, 0.15) is 5.69 Å². The number of fused-ring (bicyclic) bond motifs is 1. The fourth-order valence-electron chi connectivity index (χ4n) is 1.98. The van der Waals surface area contributed by atoms with Crippen LogP contribution in [0.5, 0.6) is 0 Å². The van der Waals surface area contributed by atoms with Crippen LogP contribution in [0.3, 0.4) is 0 Å². The maximum Gasteiger partial charge on any atom is 0.246 e. The van der Waals surface area contributed by atoms with Crippen LogP contribution in [0.25, 0.3) is 22.3 Å². The fraction of sp³-hybridized carbons (Fsp3) is 0.267. The van der Waals surface area contributed by atoms with Gasteiger partial charge in [-0.05, 0) is 32.3 Å². The van der Waals surface area contributed by atoms with E-state index in [0.29, 0.717) is 11.7 Å².